The summed E-state index contributed by atoms with van der Waals surface area (Å²) in [6.07, 6.45) is -0.848. The molecule has 0 aromatic carbocycles. The van der Waals surface area contributed by atoms with Gasteiger partial charge in [0.25, 0.3) is 0 Å². The zero-order chi connectivity index (χ0) is 15.9. The summed E-state index contributed by atoms with van der Waals surface area (Å²) in [7, 11) is 0. The molecule has 116 valence electrons. The van der Waals surface area contributed by atoms with Crippen LogP contribution in [-0.2, 0) is 14.4 Å². The maximum atomic E-state index is 11.9. The van der Waals surface area contributed by atoms with Crippen LogP contribution in [-0.4, -0.2) is 57.0 Å². The van der Waals surface area contributed by atoms with Crippen molar-refractivity contribution < 1.29 is 24.6 Å². The molecule has 5 N–H and O–H groups in total. The zero-order valence-electron chi connectivity index (χ0n) is 11.6. The Hall–Kier alpha value is -1.58. The Kier molecular flexibility index (Phi) is 4.26. The first-order valence-corrected chi connectivity index (χ1v) is 7.31. The molecule has 0 aromatic rings. The lowest BCUT2D eigenvalue weighted by Gasteiger charge is -2.43. The first kappa shape index (κ1) is 15.8. The van der Waals surface area contributed by atoms with Crippen molar-refractivity contribution in [2.24, 2.45) is 11.7 Å². The molecule has 9 heteroatoms. The van der Waals surface area contributed by atoms with E-state index in [1.807, 2.05) is 0 Å². The number of rotatable bonds is 5. The van der Waals surface area contributed by atoms with Crippen molar-refractivity contribution in [3.63, 3.8) is 0 Å². The largest absolute Gasteiger partial charge is 0.477 e. The fraction of sp³-hybridized carbons (Fsp3) is 0.583. The Labute approximate surface area is 125 Å². The number of nitrogens with zero attached hydrogens (tertiary/aromatic N) is 1. The molecule has 4 atom stereocenters. The van der Waals surface area contributed by atoms with Crippen molar-refractivity contribution in [1.82, 2.24) is 10.2 Å². The third-order valence-electron chi connectivity index (χ3n) is 3.41. The second kappa shape index (κ2) is 5.66. The summed E-state index contributed by atoms with van der Waals surface area (Å²) in [5.41, 5.74) is 5.29. The number of carbonyl (C=O) groups is 3. The molecule has 0 aromatic heterocycles. The summed E-state index contributed by atoms with van der Waals surface area (Å²) < 4.78 is 0. The number of hydrogen-bond acceptors (Lipinski definition) is 6. The summed E-state index contributed by atoms with van der Waals surface area (Å²) in [6.45, 7) is 3.01. The van der Waals surface area contributed by atoms with Crippen molar-refractivity contribution in [2.45, 2.75) is 31.4 Å². The fourth-order valence-corrected chi connectivity index (χ4v) is 3.86. The molecule has 2 aliphatic heterocycles. The van der Waals surface area contributed by atoms with E-state index in [2.05, 4.69) is 5.32 Å². The minimum atomic E-state index is -1.23. The van der Waals surface area contributed by atoms with Crippen LogP contribution in [0.5, 0.6) is 0 Å². The molecule has 0 bridgehead atoms. The van der Waals surface area contributed by atoms with E-state index in [4.69, 9.17) is 5.73 Å². The molecule has 0 aliphatic carbocycles. The Morgan fingerprint density at radius 3 is 2.57 bits per heavy atom. The number of fused-ring (bicyclic) bond motifs is 1. The zero-order valence-corrected chi connectivity index (χ0v) is 12.4. The molecule has 2 amide bonds. The lowest BCUT2D eigenvalue weighted by Crippen LogP contribution is -2.60. The molecule has 0 saturated carbocycles. The number of nitrogens with one attached hydrogen (secondary N) is 1. The van der Waals surface area contributed by atoms with Gasteiger partial charge in [-0.15, -0.1) is 0 Å². The SMILES string of the molecule is C[C@H](N)C(=O)NCC1=C(C(=O)O)N2C(=O)[C@H]([C@@H](C)O)[C@H]2S1. The van der Waals surface area contributed by atoms with Gasteiger partial charge in [-0.05, 0) is 13.8 Å². The van der Waals surface area contributed by atoms with Crippen molar-refractivity contribution in [1.29, 1.82) is 0 Å². The number of aliphatic hydroxyl groups excluding tert-OH is 1. The number of thioether (sulfide) groups is 1. The smallest absolute Gasteiger partial charge is 0.353 e. The Balaban J connectivity index is 2.15. The topological polar surface area (TPSA) is 133 Å². The molecule has 0 radical (unpaired) electrons. The molecule has 2 rings (SSSR count). The van der Waals surface area contributed by atoms with Crippen molar-refractivity contribution in [3.05, 3.63) is 10.6 Å². The maximum Gasteiger partial charge on any atom is 0.353 e. The number of aliphatic hydroxyl groups is 1. The average Bonchev–Trinajstić information content (AvgIpc) is 2.69. The number of carboxylic acid groups (broad SMARTS) is 1. The van der Waals surface area contributed by atoms with Gasteiger partial charge in [0.2, 0.25) is 11.8 Å². The first-order valence-electron chi connectivity index (χ1n) is 6.43. The third kappa shape index (κ3) is 2.63. The molecule has 8 nitrogen and oxygen atoms in total. The van der Waals surface area contributed by atoms with Gasteiger partial charge >= 0.3 is 5.97 Å². The lowest BCUT2D eigenvalue weighted by atomic mass is 9.92. The van der Waals surface area contributed by atoms with Gasteiger partial charge < -0.3 is 21.3 Å². The maximum absolute atomic E-state index is 11.9. The van der Waals surface area contributed by atoms with E-state index in [0.29, 0.717) is 4.91 Å². The normalized spacial score (nSPS) is 27.0. The molecule has 21 heavy (non-hydrogen) atoms. The van der Waals surface area contributed by atoms with Crippen LogP contribution in [0.3, 0.4) is 0 Å². The minimum Gasteiger partial charge on any atom is -0.477 e. The highest BCUT2D eigenvalue weighted by Gasteiger charge is 2.57. The summed E-state index contributed by atoms with van der Waals surface area (Å²) >= 11 is 1.18. The summed E-state index contributed by atoms with van der Waals surface area (Å²) in [5, 5.41) is 20.9. The van der Waals surface area contributed by atoms with E-state index in [1.54, 1.807) is 0 Å². The van der Waals surface area contributed by atoms with Crippen LogP contribution >= 0.6 is 11.8 Å². The van der Waals surface area contributed by atoms with Crippen LogP contribution in [0.25, 0.3) is 0 Å². The van der Waals surface area contributed by atoms with E-state index < -0.39 is 41.2 Å². The van der Waals surface area contributed by atoms with Crippen LogP contribution in [0.2, 0.25) is 0 Å². The highest BCUT2D eigenvalue weighted by atomic mass is 32.2. The molecule has 0 spiro atoms. The minimum absolute atomic E-state index is 0.000513. The summed E-state index contributed by atoms with van der Waals surface area (Å²) in [6, 6.07) is -0.700. The average molecular weight is 315 g/mol. The van der Waals surface area contributed by atoms with Crippen molar-refractivity contribution >= 4 is 29.5 Å². The number of aliphatic carboxylic acids is 1. The Morgan fingerprint density at radius 1 is 1.48 bits per heavy atom. The standard InChI is InChI=1S/C12H17N3O5S/c1-4(13)9(17)14-3-6-8(12(19)20)15-10(18)7(5(2)16)11(15)21-6/h4-5,7,11,16H,3,13H2,1-2H3,(H,14,17)(H,19,20)/t4-,5+,7-,11+/m0/s1. The Morgan fingerprint density at radius 2 is 2.10 bits per heavy atom. The molecule has 2 heterocycles. The van der Waals surface area contributed by atoms with Gasteiger partial charge in [-0.2, -0.15) is 0 Å². The van der Waals surface area contributed by atoms with E-state index in [9.17, 15) is 24.6 Å². The molecule has 0 unspecified atom stereocenters. The number of nitrogens with two attached hydrogens (primary N) is 1. The number of β-lactam (4-membered cyclic amide) rings is 1. The number of amides is 2. The molecular weight excluding hydrogens is 298 g/mol. The van der Waals surface area contributed by atoms with Crippen molar-refractivity contribution in [3.8, 4) is 0 Å². The van der Waals surface area contributed by atoms with E-state index in [0.717, 1.165) is 4.90 Å². The van der Waals surface area contributed by atoms with Crippen LogP contribution in [0, 0.1) is 5.92 Å². The summed E-state index contributed by atoms with van der Waals surface area (Å²) in [5.74, 6) is -2.66. The van der Waals surface area contributed by atoms with Gasteiger partial charge in [-0.3, -0.25) is 14.5 Å². The van der Waals surface area contributed by atoms with Gasteiger partial charge in [-0.1, -0.05) is 11.8 Å². The van der Waals surface area contributed by atoms with Crippen LogP contribution in [0.1, 0.15) is 13.8 Å². The van der Waals surface area contributed by atoms with Crippen LogP contribution < -0.4 is 11.1 Å². The van der Waals surface area contributed by atoms with Gasteiger partial charge in [0.05, 0.1) is 24.6 Å². The quantitative estimate of drug-likeness (QED) is 0.461. The highest BCUT2D eigenvalue weighted by molar-refractivity contribution is 8.04. The predicted molar refractivity (Wildman–Crippen MR) is 74.7 cm³/mol. The number of carbonyl (C=O) groups excluding carboxylic acids is 2. The van der Waals surface area contributed by atoms with Gasteiger partial charge in [0, 0.05) is 4.91 Å². The van der Waals surface area contributed by atoms with Gasteiger partial charge in [0.15, 0.2) is 0 Å². The Bertz CT molecular complexity index is 531. The molecular formula is C12H17N3O5S. The number of carboxylic acids is 1. The van der Waals surface area contributed by atoms with E-state index in [1.165, 1.54) is 25.6 Å². The molecule has 1 fully saturated rings. The highest BCUT2D eigenvalue weighted by Crippen LogP contribution is 2.49. The lowest BCUT2D eigenvalue weighted by molar-refractivity contribution is -0.156. The molecule has 2 aliphatic rings. The van der Waals surface area contributed by atoms with Crippen molar-refractivity contribution in [2.75, 3.05) is 6.54 Å². The predicted octanol–water partition coefficient (Wildman–Crippen LogP) is -1.34. The first-order chi connectivity index (χ1) is 9.75. The van der Waals surface area contributed by atoms with Crippen LogP contribution in [0.4, 0.5) is 0 Å². The second-order valence-corrected chi connectivity index (χ2v) is 6.28. The molecule has 1 saturated heterocycles. The fourth-order valence-electron chi connectivity index (χ4n) is 2.31. The third-order valence-corrected chi connectivity index (χ3v) is 4.78. The monoisotopic (exact) mass is 315 g/mol. The summed E-state index contributed by atoms with van der Waals surface area (Å²) in [4.78, 5) is 36.3. The van der Waals surface area contributed by atoms with E-state index >= 15 is 0 Å². The van der Waals surface area contributed by atoms with Gasteiger partial charge in [-0.25, -0.2) is 4.79 Å². The van der Waals surface area contributed by atoms with E-state index in [-0.39, 0.29) is 12.2 Å². The van der Waals surface area contributed by atoms with Crippen LogP contribution in [0.15, 0.2) is 10.6 Å². The second-order valence-electron chi connectivity index (χ2n) is 5.07. The van der Waals surface area contributed by atoms with Gasteiger partial charge in [0.1, 0.15) is 11.1 Å². The number of hydrogen-bond donors (Lipinski definition) is 4.